The van der Waals surface area contributed by atoms with Gasteiger partial charge in [-0.2, -0.15) is 0 Å². The highest BCUT2D eigenvalue weighted by Gasteiger charge is 2.36. The van der Waals surface area contributed by atoms with E-state index in [2.05, 4.69) is 164 Å². The summed E-state index contributed by atoms with van der Waals surface area (Å²) in [5.74, 6) is 0. The highest BCUT2D eigenvalue weighted by Crippen LogP contribution is 2.31. The van der Waals surface area contributed by atoms with Gasteiger partial charge in [-0.1, -0.05) is 24.3 Å². The van der Waals surface area contributed by atoms with E-state index in [1.54, 1.807) is 0 Å². The Hall–Kier alpha value is -1.41. The van der Waals surface area contributed by atoms with Gasteiger partial charge in [0.05, 0.1) is 0 Å². The maximum absolute atomic E-state index is 7.47. The van der Waals surface area contributed by atoms with Gasteiger partial charge in [0.15, 0.2) is 16.6 Å². The second-order valence-electron chi connectivity index (χ2n) is 16.2. The van der Waals surface area contributed by atoms with Crippen LogP contribution in [0.2, 0.25) is 26.2 Å². The van der Waals surface area contributed by atoms with Gasteiger partial charge in [-0.05, 0) is 167 Å². The number of benzene rings is 2. The minimum Gasteiger partial charge on any atom is -0.455 e. The molecule has 0 aromatic heterocycles. The molecular weight excluding hydrogens is 589 g/mol. The fourth-order valence-corrected chi connectivity index (χ4v) is 15.9. The normalized spacial score (nSPS) is 13.1. The molecule has 0 aliphatic heterocycles. The molecule has 2 rings (SSSR count). The monoisotopic (exact) mass is 656 g/mol. The molecule has 45 heavy (non-hydrogen) atoms. The van der Waals surface area contributed by atoms with Gasteiger partial charge >= 0.3 is 0 Å². The molecule has 0 saturated heterocycles. The molecule has 2 aromatic carbocycles. The lowest BCUT2D eigenvalue weighted by atomic mass is 9.97. The van der Waals surface area contributed by atoms with Crippen molar-refractivity contribution in [3.8, 4) is 0 Å². The molecule has 0 radical (unpaired) electrons. The maximum Gasteiger partial charge on any atom is 0.177 e. The highest BCUT2D eigenvalue weighted by atomic mass is 28.4. The van der Waals surface area contributed by atoms with Crippen LogP contribution in [0, 0.1) is 0 Å². The van der Waals surface area contributed by atoms with Crippen molar-refractivity contribution in [3.63, 3.8) is 0 Å². The molecule has 9 heteroatoms. The highest BCUT2D eigenvalue weighted by molar-refractivity contribution is 6.84. The summed E-state index contributed by atoms with van der Waals surface area (Å²) in [7, 11) is 21.9. The van der Waals surface area contributed by atoms with E-state index < -0.39 is 16.6 Å². The van der Waals surface area contributed by atoms with Gasteiger partial charge in [-0.25, -0.2) is 0 Å². The molecule has 0 spiro atoms. The van der Waals surface area contributed by atoms with E-state index in [0.717, 1.165) is 51.4 Å². The first kappa shape index (κ1) is 39.8. The van der Waals surface area contributed by atoms with E-state index in [0.29, 0.717) is 0 Å². The molecule has 0 aliphatic rings. The Morgan fingerprint density at radius 3 is 0.822 bits per heavy atom. The first-order chi connectivity index (χ1) is 20.7. The summed E-state index contributed by atoms with van der Waals surface area (Å²) in [6.45, 7) is 15.5. The Labute approximate surface area is 280 Å². The lowest BCUT2D eigenvalue weighted by Crippen LogP contribution is -2.48. The third kappa shape index (κ3) is 14.1. The summed E-state index contributed by atoms with van der Waals surface area (Å²) in [6.07, 6.45) is 0. The molecule has 0 bridgehead atoms. The predicted octanol–water partition coefficient (Wildman–Crippen LogP) is 5.35. The van der Waals surface area contributed by atoms with Crippen molar-refractivity contribution in [2.75, 3.05) is 84.6 Å². The molecule has 2 aromatic rings. The van der Waals surface area contributed by atoms with Crippen molar-refractivity contribution in [2.24, 2.45) is 0 Å². The Kier molecular flexibility index (Phi) is 15.1. The van der Waals surface area contributed by atoms with E-state index in [-0.39, 0.29) is 0 Å². The maximum atomic E-state index is 7.47. The zero-order chi connectivity index (χ0) is 34.3. The Bertz CT molecular complexity index is 1070. The molecule has 0 fully saturated rings. The third-order valence-corrected chi connectivity index (χ3v) is 14.5. The fraction of sp³-hybridized carbons (Fsp3) is 0.667. The van der Waals surface area contributed by atoms with Crippen molar-refractivity contribution in [3.05, 3.63) is 68.8 Å². The Balaban J connectivity index is 2.54. The molecular formula is C36H68N6OSi2. The van der Waals surface area contributed by atoms with Crippen LogP contribution in [0.3, 0.4) is 0 Å². The minimum atomic E-state index is -2.09. The third-order valence-electron chi connectivity index (χ3n) is 7.69. The van der Waals surface area contributed by atoms with Crippen molar-refractivity contribution < 1.29 is 4.12 Å². The van der Waals surface area contributed by atoms with E-state index >= 15 is 0 Å². The summed E-state index contributed by atoms with van der Waals surface area (Å²) in [5.41, 5.74) is 11.6. The van der Waals surface area contributed by atoms with Gasteiger partial charge < -0.3 is 33.5 Å². The molecule has 0 N–H and O–H groups in total. The van der Waals surface area contributed by atoms with Crippen LogP contribution in [0.4, 0.5) is 0 Å². The lowest BCUT2D eigenvalue weighted by molar-refractivity contribution is 0.386. The van der Waals surface area contributed by atoms with Crippen LogP contribution in [0.5, 0.6) is 0 Å². The van der Waals surface area contributed by atoms with E-state index in [1.807, 2.05) is 0 Å². The van der Waals surface area contributed by atoms with Gasteiger partial charge in [0.1, 0.15) is 0 Å². The molecule has 256 valence electrons. The standard InChI is InChI=1S/C36H68N6OSi2/c1-37(2)21-29-17-31(23-39(5)6)35(32(18-29)24-40(7)8)27-44(13,14)43-45(15,16)28-36-33(25-41(9)10)19-30(22-38(3)4)20-34(36)26-42(11)12/h17-20H,21-28H2,1-16H3. The van der Waals surface area contributed by atoms with Crippen LogP contribution in [0.15, 0.2) is 24.3 Å². The van der Waals surface area contributed by atoms with Gasteiger partial charge in [-0.15, -0.1) is 0 Å². The number of hydrogen-bond donors (Lipinski definition) is 0. The van der Waals surface area contributed by atoms with Crippen LogP contribution in [-0.2, 0) is 55.5 Å². The Morgan fingerprint density at radius 1 is 0.400 bits per heavy atom. The lowest BCUT2D eigenvalue weighted by Gasteiger charge is -2.37. The predicted molar refractivity (Wildman–Crippen MR) is 201 cm³/mol. The van der Waals surface area contributed by atoms with Gasteiger partial charge in [0.25, 0.3) is 0 Å². The van der Waals surface area contributed by atoms with Gasteiger partial charge in [0.2, 0.25) is 0 Å². The van der Waals surface area contributed by atoms with Crippen molar-refractivity contribution in [1.82, 2.24) is 29.4 Å². The summed E-state index contributed by atoms with van der Waals surface area (Å²) in [5, 5.41) is 0. The fourth-order valence-electron chi connectivity index (χ4n) is 6.71. The van der Waals surface area contributed by atoms with Crippen LogP contribution in [0.1, 0.15) is 44.5 Å². The van der Waals surface area contributed by atoms with E-state index in [4.69, 9.17) is 4.12 Å². The second kappa shape index (κ2) is 17.1. The Morgan fingerprint density at radius 2 is 0.622 bits per heavy atom. The number of nitrogens with zero attached hydrogens (tertiary/aromatic N) is 6. The first-order valence-corrected chi connectivity index (χ1v) is 22.7. The summed E-state index contributed by atoms with van der Waals surface area (Å²) in [6, 6.07) is 11.9. The van der Waals surface area contributed by atoms with Gasteiger partial charge in [-0.3, -0.25) is 0 Å². The number of hydrogen-bond acceptors (Lipinski definition) is 7. The molecule has 0 aliphatic carbocycles. The zero-order valence-corrected chi connectivity index (χ0v) is 34.1. The average Bonchev–Trinajstić information content (AvgIpc) is 2.80. The molecule has 0 unspecified atom stereocenters. The summed E-state index contributed by atoms with van der Waals surface area (Å²) >= 11 is 0. The summed E-state index contributed by atoms with van der Waals surface area (Å²) < 4.78 is 7.47. The van der Waals surface area contributed by atoms with Crippen molar-refractivity contribution in [2.45, 2.75) is 77.5 Å². The van der Waals surface area contributed by atoms with Gasteiger partial charge in [0, 0.05) is 39.3 Å². The van der Waals surface area contributed by atoms with E-state index in [1.165, 1.54) is 44.5 Å². The molecule has 0 atom stereocenters. The van der Waals surface area contributed by atoms with Crippen molar-refractivity contribution >= 4 is 16.6 Å². The quantitative estimate of drug-likeness (QED) is 0.200. The zero-order valence-electron chi connectivity index (χ0n) is 32.1. The van der Waals surface area contributed by atoms with Crippen LogP contribution >= 0.6 is 0 Å². The first-order valence-electron chi connectivity index (χ1n) is 16.5. The van der Waals surface area contributed by atoms with Crippen LogP contribution in [-0.4, -0.2) is 131 Å². The van der Waals surface area contributed by atoms with Crippen LogP contribution < -0.4 is 0 Å². The second-order valence-corrected chi connectivity index (χ2v) is 24.7. The molecule has 0 saturated carbocycles. The molecule has 7 nitrogen and oxygen atoms in total. The molecule has 0 heterocycles. The SMILES string of the molecule is CN(C)Cc1cc(CN(C)C)c(C[Si](C)(C)O[Si](C)(C)Cc2c(CN(C)C)cc(CN(C)C)cc2CN(C)C)c(CN(C)C)c1. The van der Waals surface area contributed by atoms with Crippen molar-refractivity contribution in [1.29, 1.82) is 0 Å². The topological polar surface area (TPSA) is 28.7 Å². The van der Waals surface area contributed by atoms with Crippen LogP contribution in [0.25, 0.3) is 0 Å². The average molecular weight is 657 g/mol. The smallest absolute Gasteiger partial charge is 0.177 e. The largest absolute Gasteiger partial charge is 0.455 e. The molecule has 0 amide bonds. The number of rotatable bonds is 18. The minimum absolute atomic E-state index is 0.948. The van der Waals surface area contributed by atoms with E-state index in [9.17, 15) is 0 Å². The summed E-state index contributed by atoms with van der Waals surface area (Å²) in [4.78, 5) is 13.8.